The first kappa shape index (κ1) is 20.8. The number of hydrogen-bond donors (Lipinski definition) is 1. The Morgan fingerprint density at radius 1 is 1.19 bits per heavy atom. The van der Waals surface area contributed by atoms with Crippen molar-refractivity contribution in [3.05, 3.63) is 59.8 Å². The van der Waals surface area contributed by atoms with E-state index in [0.29, 0.717) is 18.7 Å². The summed E-state index contributed by atoms with van der Waals surface area (Å²) in [5.41, 5.74) is 3.64. The minimum Gasteiger partial charge on any atom is -0.493 e. The predicted octanol–water partition coefficient (Wildman–Crippen LogP) is 3.25. The van der Waals surface area contributed by atoms with Crippen molar-refractivity contribution < 1.29 is 18.7 Å². The first-order valence-electron chi connectivity index (χ1n) is 11.2. The van der Waals surface area contributed by atoms with Crippen LogP contribution in [-0.2, 0) is 17.8 Å². The second-order valence-corrected chi connectivity index (χ2v) is 8.19. The van der Waals surface area contributed by atoms with Gasteiger partial charge in [-0.3, -0.25) is 14.4 Å². The first-order chi connectivity index (χ1) is 15.7. The van der Waals surface area contributed by atoms with Gasteiger partial charge in [0, 0.05) is 43.4 Å². The third-order valence-electron chi connectivity index (χ3n) is 6.04. The maximum absolute atomic E-state index is 13.0. The molecule has 1 fully saturated rings. The van der Waals surface area contributed by atoms with E-state index in [0.717, 1.165) is 67.5 Å². The van der Waals surface area contributed by atoms with Crippen LogP contribution in [0.5, 0.6) is 5.75 Å². The van der Waals surface area contributed by atoms with E-state index < -0.39 is 0 Å². The maximum Gasteiger partial charge on any atom is 0.255 e. The molecule has 32 heavy (non-hydrogen) atoms. The lowest BCUT2D eigenvalue weighted by atomic mass is 9.96. The van der Waals surface area contributed by atoms with Crippen LogP contribution in [0.25, 0.3) is 11.1 Å². The molecule has 2 aliphatic heterocycles. The molecule has 8 nitrogen and oxygen atoms in total. The third-order valence-corrected chi connectivity index (χ3v) is 6.04. The third kappa shape index (κ3) is 4.42. The number of aryl methyl sites for hydroxylation is 1. The van der Waals surface area contributed by atoms with Gasteiger partial charge in [-0.2, -0.15) is 5.10 Å². The second kappa shape index (κ2) is 9.18. The summed E-state index contributed by atoms with van der Waals surface area (Å²) in [7, 11) is 0. The molecule has 1 unspecified atom stereocenters. The van der Waals surface area contributed by atoms with Gasteiger partial charge in [0.05, 0.1) is 44.2 Å². The number of ether oxygens (including phenoxy) is 2. The summed E-state index contributed by atoms with van der Waals surface area (Å²) in [6.07, 6.45) is 6.15. The highest BCUT2D eigenvalue weighted by molar-refractivity contribution is 5.94. The Labute approximate surface area is 187 Å². The van der Waals surface area contributed by atoms with Crippen LogP contribution >= 0.6 is 0 Å². The Balaban J connectivity index is 1.30. The van der Waals surface area contributed by atoms with Crippen molar-refractivity contribution in [2.45, 2.75) is 32.5 Å². The molecule has 3 aromatic rings. The Morgan fingerprint density at radius 3 is 2.88 bits per heavy atom. The number of hydrogen-bond acceptors (Lipinski definition) is 6. The fourth-order valence-electron chi connectivity index (χ4n) is 4.21. The fourth-order valence-corrected chi connectivity index (χ4v) is 4.21. The molecule has 1 aromatic carbocycles. The summed E-state index contributed by atoms with van der Waals surface area (Å²) in [6.45, 7) is 7.36. The number of nitrogens with one attached hydrogen (secondary N) is 1. The van der Waals surface area contributed by atoms with E-state index in [4.69, 9.17) is 13.9 Å². The van der Waals surface area contributed by atoms with Crippen LogP contribution < -0.4 is 10.1 Å². The molecule has 168 valence electrons. The number of morpholine rings is 1. The molecule has 2 aliphatic rings. The van der Waals surface area contributed by atoms with Gasteiger partial charge in [0.2, 0.25) is 0 Å². The summed E-state index contributed by atoms with van der Waals surface area (Å²) < 4.78 is 18.8. The van der Waals surface area contributed by atoms with E-state index in [2.05, 4.69) is 28.3 Å². The van der Waals surface area contributed by atoms with E-state index in [9.17, 15) is 4.79 Å². The highest BCUT2D eigenvalue weighted by Crippen LogP contribution is 2.35. The van der Waals surface area contributed by atoms with E-state index in [1.54, 1.807) is 6.26 Å². The van der Waals surface area contributed by atoms with Crippen molar-refractivity contribution in [3.63, 3.8) is 0 Å². The van der Waals surface area contributed by atoms with Gasteiger partial charge in [0.1, 0.15) is 17.8 Å². The summed E-state index contributed by atoms with van der Waals surface area (Å²) >= 11 is 0. The molecule has 0 saturated carbocycles. The quantitative estimate of drug-likeness (QED) is 0.639. The normalized spacial score (nSPS) is 18.7. The summed E-state index contributed by atoms with van der Waals surface area (Å²) in [5.74, 6) is 1.47. The number of fused-ring (bicyclic) bond motifs is 1. The Hall–Kier alpha value is -3.10. The molecule has 1 saturated heterocycles. The van der Waals surface area contributed by atoms with Gasteiger partial charge in [-0.1, -0.05) is 6.07 Å². The number of rotatable bonds is 6. The minimum absolute atomic E-state index is 0.120. The summed E-state index contributed by atoms with van der Waals surface area (Å²) in [6, 6.07) is 7.82. The second-order valence-electron chi connectivity index (χ2n) is 8.19. The van der Waals surface area contributed by atoms with E-state index in [1.165, 1.54) is 0 Å². The van der Waals surface area contributed by atoms with Crippen molar-refractivity contribution in [3.8, 4) is 16.9 Å². The average Bonchev–Trinajstić information content (AvgIpc) is 3.50. The molecule has 0 aliphatic carbocycles. The molecular weight excluding hydrogens is 408 g/mol. The highest BCUT2D eigenvalue weighted by Gasteiger charge is 2.25. The van der Waals surface area contributed by atoms with Crippen molar-refractivity contribution in [1.82, 2.24) is 20.0 Å². The number of benzene rings is 1. The van der Waals surface area contributed by atoms with Gasteiger partial charge >= 0.3 is 0 Å². The first-order valence-corrected chi connectivity index (χ1v) is 11.2. The standard InChI is InChI=1S/C24H28N4O4/c1-2-28-14-19(13-25-28)17-3-4-23-21(12-17)22(5-8-31-23)26-24(29)18-11-20(32-16-18)15-27-6-9-30-10-7-27/h3-4,11-14,16,22H,2,5-10,15H2,1H3,(H,26,29). The molecule has 4 heterocycles. The molecule has 0 radical (unpaired) electrons. The fraction of sp³-hybridized carbons (Fsp3) is 0.417. The Bertz CT molecular complexity index is 1080. The van der Waals surface area contributed by atoms with Crippen LogP contribution in [0.15, 0.2) is 47.3 Å². The average molecular weight is 437 g/mol. The monoisotopic (exact) mass is 436 g/mol. The van der Waals surface area contributed by atoms with Crippen molar-refractivity contribution in [2.75, 3.05) is 32.9 Å². The summed E-state index contributed by atoms with van der Waals surface area (Å²) in [4.78, 5) is 15.2. The zero-order valence-electron chi connectivity index (χ0n) is 18.3. The summed E-state index contributed by atoms with van der Waals surface area (Å²) in [5, 5.41) is 7.54. The van der Waals surface area contributed by atoms with Crippen LogP contribution in [0, 0.1) is 0 Å². The molecule has 5 rings (SSSR count). The molecule has 0 bridgehead atoms. The van der Waals surface area contributed by atoms with E-state index >= 15 is 0 Å². The van der Waals surface area contributed by atoms with Gasteiger partial charge < -0.3 is 19.2 Å². The number of carbonyl (C=O) groups is 1. The van der Waals surface area contributed by atoms with Crippen molar-refractivity contribution in [2.24, 2.45) is 0 Å². The van der Waals surface area contributed by atoms with Gasteiger partial charge in [-0.05, 0) is 30.7 Å². The van der Waals surface area contributed by atoms with Crippen LogP contribution in [-0.4, -0.2) is 53.5 Å². The minimum atomic E-state index is -0.135. The topological polar surface area (TPSA) is 81.8 Å². The number of nitrogens with zero attached hydrogens (tertiary/aromatic N) is 3. The Kier molecular flexibility index (Phi) is 5.96. The van der Waals surface area contributed by atoms with Gasteiger partial charge in [0.15, 0.2) is 0 Å². The van der Waals surface area contributed by atoms with Crippen LogP contribution in [0.1, 0.15) is 41.1 Å². The van der Waals surface area contributed by atoms with Crippen LogP contribution in [0.3, 0.4) is 0 Å². The van der Waals surface area contributed by atoms with Crippen molar-refractivity contribution in [1.29, 1.82) is 0 Å². The van der Waals surface area contributed by atoms with E-state index in [-0.39, 0.29) is 11.9 Å². The molecule has 2 aromatic heterocycles. The molecular formula is C24H28N4O4. The SMILES string of the molecule is CCn1cc(-c2ccc3c(c2)C(NC(=O)c2coc(CN4CCOCC4)c2)CCO3)cn1. The molecule has 8 heteroatoms. The lowest BCUT2D eigenvalue weighted by Crippen LogP contribution is -2.35. The van der Waals surface area contributed by atoms with Gasteiger partial charge in [-0.25, -0.2) is 0 Å². The number of carbonyl (C=O) groups excluding carboxylic acids is 1. The maximum atomic E-state index is 13.0. The Morgan fingerprint density at radius 2 is 2.06 bits per heavy atom. The molecule has 1 atom stereocenters. The van der Waals surface area contributed by atoms with Crippen molar-refractivity contribution >= 4 is 5.91 Å². The van der Waals surface area contributed by atoms with Gasteiger partial charge in [-0.15, -0.1) is 0 Å². The lowest BCUT2D eigenvalue weighted by Gasteiger charge is -2.27. The highest BCUT2D eigenvalue weighted by atomic mass is 16.5. The zero-order valence-corrected chi connectivity index (χ0v) is 18.3. The molecule has 1 N–H and O–H groups in total. The van der Waals surface area contributed by atoms with Gasteiger partial charge in [0.25, 0.3) is 5.91 Å². The largest absolute Gasteiger partial charge is 0.493 e. The van der Waals surface area contributed by atoms with Crippen LogP contribution in [0.2, 0.25) is 0 Å². The molecule has 1 amide bonds. The van der Waals surface area contributed by atoms with Crippen LogP contribution in [0.4, 0.5) is 0 Å². The number of amides is 1. The predicted molar refractivity (Wildman–Crippen MR) is 118 cm³/mol. The number of aromatic nitrogens is 2. The zero-order chi connectivity index (χ0) is 21.9. The van der Waals surface area contributed by atoms with E-state index in [1.807, 2.05) is 35.3 Å². The lowest BCUT2D eigenvalue weighted by molar-refractivity contribution is 0.0313. The smallest absolute Gasteiger partial charge is 0.255 e. The molecule has 0 spiro atoms. The number of furan rings is 1.